The van der Waals surface area contributed by atoms with Crippen LogP contribution in [0.25, 0.3) is 0 Å². The van der Waals surface area contributed by atoms with Crippen LogP contribution in [0.4, 0.5) is 8.78 Å². The highest BCUT2D eigenvalue weighted by molar-refractivity contribution is 5.53. The second-order valence-corrected chi connectivity index (χ2v) is 1.92. The third-order valence-corrected chi connectivity index (χ3v) is 1.12. The fourth-order valence-corrected chi connectivity index (χ4v) is 0.587. The molecule has 0 aliphatic rings. The standard InChI is InChI=1S/C6H10F2O/c1-2-3-5(4-9)6(7)8/h4-6H,2-3H2,1H3. The van der Waals surface area contributed by atoms with Gasteiger partial charge in [0.25, 0.3) is 0 Å². The van der Waals surface area contributed by atoms with E-state index in [0.717, 1.165) is 0 Å². The zero-order chi connectivity index (χ0) is 7.28. The lowest BCUT2D eigenvalue weighted by atomic mass is 10.1. The van der Waals surface area contributed by atoms with Crippen LogP contribution >= 0.6 is 0 Å². The Morgan fingerprint density at radius 1 is 1.56 bits per heavy atom. The highest BCUT2D eigenvalue weighted by Crippen LogP contribution is 2.12. The molecule has 0 aliphatic heterocycles. The summed E-state index contributed by atoms with van der Waals surface area (Å²) in [6.45, 7) is 1.78. The van der Waals surface area contributed by atoms with Gasteiger partial charge in [-0.1, -0.05) is 13.3 Å². The summed E-state index contributed by atoms with van der Waals surface area (Å²) in [5.41, 5.74) is 0. The number of halogens is 2. The van der Waals surface area contributed by atoms with E-state index in [4.69, 9.17) is 0 Å². The molecule has 0 aliphatic carbocycles. The lowest BCUT2D eigenvalue weighted by molar-refractivity contribution is -0.115. The van der Waals surface area contributed by atoms with Gasteiger partial charge in [0.2, 0.25) is 6.43 Å². The number of hydrogen-bond acceptors (Lipinski definition) is 1. The Hall–Kier alpha value is -0.470. The molecule has 0 heterocycles. The van der Waals surface area contributed by atoms with Crippen molar-refractivity contribution < 1.29 is 13.6 Å². The number of carbonyl (C=O) groups is 1. The topological polar surface area (TPSA) is 17.1 Å². The van der Waals surface area contributed by atoms with Gasteiger partial charge in [0.05, 0.1) is 5.92 Å². The Kier molecular flexibility index (Phi) is 4.18. The third kappa shape index (κ3) is 3.16. The highest BCUT2D eigenvalue weighted by Gasteiger charge is 2.17. The Bertz CT molecular complexity index is 83.1. The van der Waals surface area contributed by atoms with Crippen LogP contribution in [0.15, 0.2) is 0 Å². The van der Waals surface area contributed by atoms with E-state index < -0.39 is 12.3 Å². The molecular weight excluding hydrogens is 126 g/mol. The second-order valence-electron chi connectivity index (χ2n) is 1.92. The van der Waals surface area contributed by atoms with Crippen molar-refractivity contribution >= 4 is 6.29 Å². The van der Waals surface area contributed by atoms with Crippen LogP contribution < -0.4 is 0 Å². The molecule has 1 atom stereocenters. The maximum absolute atomic E-state index is 11.7. The summed E-state index contributed by atoms with van der Waals surface area (Å²) in [5, 5.41) is 0. The van der Waals surface area contributed by atoms with Crippen molar-refractivity contribution in [1.29, 1.82) is 0 Å². The summed E-state index contributed by atoms with van der Waals surface area (Å²) < 4.78 is 23.3. The van der Waals surface area contributed by atoms with E-state index in [1.807, 2.05) is 0 Å². The van der Waals surface area contributed by atoms with Gasteiger partial charge < -0.3 is 4.79 Å². The summed E-state index contributed by atoms with van der Waals surface area (Å²) in [5.74, 6) is -1.05. The first-order chi connectivity index (χ1) is 4.22. The number of alkyl halides is 2. The molecule has 0 saturated heterocycles. The molecule has 9 heavy (non-hydrogen) atoms. The van der Waals surface area contributed by atoms with Crippen molar-refractivity contribution in [3.05, 3.63) is 0 Å². The third-order valence-electron chi connectivity index (χ3n) is 1.12. The number of carbonyl (C=O) groups excluding carboxylic acids is 1. The van der Waals surface area contributed by atoms with E-state index in [1.165, 1.54) is 0 Å². The first kappa shape index (κ1) is 8.53. The maximum Gasteiger partial charge on any atom is 0.247 e. The number of hydrogen-bond donors (Lipinski definition) is 0. The van der Waals surface area contributed by atoms with Crippen molar-refractivity contribution in [2.45, 2.75) is 26.2 Å². The van der Waals surface area contributed by atoms with Crippen molar-refractivity contribution in [1.82, 2.24) is 0 Å². The molecule has 0 saturated carbocycles. The van der Waals surface area contributed by atoms with Crippen molar-refractivity contribution in [2.75, 3.05) is 0 Å². The molecule has 0 amide bonds. The van der Waals surface area contributed by atoms with E-state index in [2.05, 4.69) is 0 Å². The monoisotopic (exact) mass is 136 g/mol. The van der Waals surface area contributed by atoms with E-state index in [0.29, 0.717) is 19.1 Å². The van der Waals surface area contributed by atoms with Gasteiger partial charge in [0.1, 0.15) is 6.29 Å². The van der Waals surface area contributed by atoms with Crippen LogP contribution in [0.5, 0.6) is 0 Å². The molecule has 0 fully saturated rings. The van der Waals surface area contributed by atoms with Crippen LogP contribution in [0.2, 0.25) is 0 Å². The summed E-state index contributed by atoms with van der Waals surface area (Å²) in [7, 11) is 0. The largest absolute Gasteiger partial charge is 0.303 e. The SMILES string of the molecule is CCCC(C=O)C(F)F. The Labute approximate surface area is 53.1 Å². The fourth-order valence-electron chi connectivity index (χ4n) is 0.587. The van der Waals surface area contributed by atoms with Crippen LogP contribution in [0.1, 0.15) is 19.8 Å². The van der Waals surface area contributed by atoms with Crippen molar-refractivity contribution in [3.8, 4) is 0 Å². The van der Waals surface area contributed by atoms with Crippen molar-refractivity contribution in [2.24, 2.45) is 5.92 Å². The minimum absolute atomic E-state index is 0.293. The summed E-state index contributed by atoms with van der Waals surface area (Å²) in [4.78, 5) is 9.86. The smallest absolute Gasteiger partial charge is 0.247 e. The molecule has 0 bridgehead atoms. The Morgan fingerprint density at radius 3 is 2.22 bits per heavy atom. The molecular formula is C6H10F2O. The van der Waals surface area contributed by atoms with Crippen LogP contribution in [-0.2, 0) is 4.79 Å². The molecule has 0 N–H and O–H groups in total. The minimum atomic E-state index is -2.48. The van der Waals surface area contributed by atoms with Crippen LogP contribution in [-0.4, -0.2) is 12.7 Å². The molecule has 0 aromatic heterocycles. The lowest BCUT2D eigenvalue weighted by Gasteiger charge is -2.04. The molecule has 1 nitrogen and oxygen atoms in total. The van der Waals surface area contributed by atoms with E-state index in [1.54, 1.807) is 6.92 Å². The quantitative estimate of drug-likeness (QED) is 0.539. The second kappa shape index (κ2) is 4.41. The zero-order valence-electron chi connectivity index (χ0n) is 5.31. The van der Waals surface area contributed by atoms with Crippen molar-refractivity contribution in [3.63, 3.8) is 0 Å². The van der Waals surface area contributed by atoms with E-state index in [-0.39, 0.29) is 0 Å². The van der Waals surface area contributed by atoms with Gasteiger partial charge in [-0.3, -0.25) is 0 Å². The van der Waals surface area contributed by atoms with Crippen LogP contribution in [0, 0.1) is 5.92 Å². The highest BCUT2D eigenvalue weighted by atomic mass is 19.3. The molecule has 0 aromatic carbocycles. The normalized spacial score (nSPS) is 13.8. The maximum atomic E-state index is 11.7. The number of aldehydes is 1. The van der Waals surface area contributed by atoms with Gasteiger partial charge in [0, 0.05) is 0 Å². The minimum Gasteiger partial charge on any atom is -0.303 e. The summed E-state index contributed by atoms with van der Waals surface area (Å²) >= 11 is 0. The Balaban J connectivity index is 3.54. The number of rotatable bonds is 4. The van der Waals surface area contributed by atoms with Gasteiger partial charge >= 0.3 is 0 Å². The fraction of sp³-hybridized carbons (Fsp3) is 0.833. The Morgan fingerprint density at radius 2 is 2.11 bits per heavy atom. The average molecular weight is 136 g/mol. The molecule has 1 unspecified atom stereocenters. The average Bonchev–Trinajstić information content (AvgIpc) is 1.82. The van der Waals surface area contributed by atoms with E-state index >= 15 is 0 Å². The first-order valence-electron chi connectivity index (χ1n) is 2.95. The lowest BCUT2D eigenvalue weighted by Crippen LogP contribution is -2.11. The van der Waals surface area contributed by atoms with Gasteiger partial charge in [-0.25, -0.2) is 8.78 Å². The molecule has 0 rings (SSSR count). The van der Waals surface area contributed by atoms with Gasteiger partial charge in [-0.05, 0) is 6.42 Å². The van der Waals surface area contributed by atoms with E-state index in [9.17, 15) is 13.6 Å². The van der Waals surface area contributed by atoms with Gasteiger partial charge in [0.15, 0.2) is 0 Å². The van der Waals surface area contributed by atoms with Gasteiger partial charge in [-0.15, -0.1) is 0 Å². The summed E-state index contributed by atoms with van der Waals surface area (Å²) in [6, 6.07) is 0. The first-order valence-corrected chi connectivity index (χ1v) is 2.95. The predicted octanol–water partition coefficient (Wildman–Crippen LogP) is 1.87. The molecule has 54 valence electrons. The molecule has 0 radical (unpaired) electrons. The molecule has 0 aromatic rings. The van der Waals surface area contributed by atoms with Gasteiger partial charge in [-0.2, -0.15) is 0 Å². The van der Waals surface area contributed by atoms with Crippen LogP contribution in [0.3, 0.4) is 0 Å². The predicted molar refractivity (Wildman–Crippen MR) is 30.5 cm³/mol. The molecule has 0 spiro atoms. The summed E-state index contributed by atoms with van der Waals surface area (Å²) in [6.07, 6.45) is -1.23. The zero-order valence-corrected chi connectivity index (χ0v) is 5.31. The molecule has 3 heteroatoms.